The Kier molecular flexibility index (Phi) is 6.12. The molecule has 0 radical (unpaired) electrons. The van der Waals surface area contributed by atoms with E-state index in [1.165, 1.54) is 16.8 Å². The Balaban J connectivity index is 1.52. The third kappa shape index (κ3) is 4.60. The molecule has 2 heterocycles. The number of hydrogen-bond donors (Lipinski definition) is 1. The molecule has 3 rings (SSSR count). The first kappa shape index (κ1) is 19.2. The van der Waals surface area contributed by atoms with Crippen molar-refractivity contribution in [1.29, 1.82) is 0 Å². The molecular weight excluding hydrogens is 366 g/mol. The summed E-state index contributed by atoms with van der Waals surface area (Å²) in [4.78, 5) is 22.7. The van der Waals surface area contributed by atoms with Gasteiger partial charge in [0.1, 0.15) is 12.4 Å². The second-order valence-electron chi connectivity index (χ2n) is 5.95. The van der Waals surface area contributed by atoms with E-state index in [-0.39, 0.29) is 17.3 Å². The van der Waals surface area contributed by atoms with Crippen LogP contribution in [0.2, 0.25) is 0 Å². The van der Waals surface area contributed by atoms with E-state index in [2.05, 4.69) is 15.6 Å². The van der Waals surface area contributed by atoms with Crippen LogP contribution in [0.3, 0.4) is 0 Å². The van der Waals surface area contributed by atoms with Crippen LogP contribution in [0, 0.1) is 17.0 Å². The maximum atomic E-state index is 12.3. The van der Waals surface area contributed by atoms with E-state index in [1.807, 2.05) is 6.07 Å². The third-order valence-electron chi connectivity index (χ3n) is 3.97. The van der Waals surface area contributed by atoms with Crippen LogP contribution in [0.15, 0.2) is 47.1 Å². The summed E-state index contributed by atoms with van der Waals surface area (Å²) in [6.45, 7) is 2.96. The lowest BCUT2D eigenvalue weighted by atomic mass is 10.2. The highest BCUT2D eigenvalue weighted by Crippen LogP contribution is 2.18. The van der Waals surface area contributed by atoms with Crippen molar-refractivity contribution in [1.82, 2.24) is 20.3 Å². The summed E-state index contributed by atoms with van der Waals surface area (Å²) in [6, 6.07) is 9.60. The zero-order valence-electron chi connectivity index (χ0n) is 15.2. The summed E-state index contributed by atoms with van der Waals surface area (Å²) in [5.41, 5.74) is 1.06. The molecule has 10 heteroatoms. The molecule has 2 aromatic heterocycles. The van der Waals surface area contributed by atoms with Crippen LogP contribution in [0.1, 0.15) is 28.4 Å². The van der Waals surface area contributed by atoms with Crippen LogP contribution in [0.4, 0.5) is 5.69 Å². The Labute approximate surface area is 160 Å². The van der Waals surface area contributed by atoms with Crippen molar-refractivity contribution >= 4 is 11.6 Å². The number of carbonyl (C=O) groups is 1. The number of nitrogens with zero attached hydrogens (tertiary/aromatic N) is 4. The maximum absolute atomic E-state index is 12.3. The number of ether oxygens (including phenoxy) is 1. The quantitative estimate of drug-likeness (QED) is 0.340. The molecule has 0 unspecified atom stereocenters. The van der Waals surface area contributed by atoms with Crippen molar-refractivity contribution in [2.45, 2.75) is 20.0 Å². The number of amides is 1. The standard InChI is InChI=1S/C18H19N5O5/c1-13-17(18(24)19-8-4-9-27-12-16-7-3-10-28-16)20-21-22(13)14-5-2-6-15(11-14)23(25)26/h2-3,5-7,10-11H,4,8-9,12H2,1H3,(H,19,24). The number of nitro groups is 1. The minimum Gasteiger partial charge on any atom is -0.467 e. The number of aromatic nitrogens is 3. The third-order valence-corrected chi connectivity index (χ3v) is 3.97. The van der Waals surface area contributed by atoms with Crippen molar-refractivity contribution in [2.75, 3.05) is 13.2 Å². The van der Waals surface area contributed by atoms with Gasteiger partial charge in [-0.05, 0) is 31.5 Å². The molecule has 0 fully saturated rings. The zero-order valence-corrected chi connectivity index (χ0v) is 15.2. The van der Waals surface area contributed by atoms with Gasteiger partial charge in [0.2, 0.25) is 0 Å². The molecular formula is C18H19N5O5. The van der Waals surface area contributed by atoms with Crippen LogP contribution in [0.25, 0.3) is 5.69 Å². The van der Waals surface area contributed by atoms with Gasteiger partial charge in [-0.25, -0.2) is 4.68 Å². The smallest absolute Gasteiger partial charge is 0.273 e. The molecule has 0 spiro atoms. The van der Waals surface area contributed by atoms with Gasteiger partial charge in [0, 0.05) is 25.3 Å². The van der Waals surface area contributed by atoms with E-state index in [9.17, 15) is 14.9 Å². The van der Waals surface area contributed by atoms with Gasteiger partial charge in [-0.1, -0.05) is 11.3 Å². The Morgan fingerprint density at radius 1 is 1.36 bits per heavy atom. The van der Waals surface area contributed by atoms with Crippen molar-refractivity contribution in [3.05, 3.63) is 69.9 Å². The first-order valence-electron chi connectivity index (χ1n) is 8.61. The van der Waals surface area contributed by atoms with Crippen LogP contribution in [-0.4, -0.2) is 39.0 Å². The summed E-state index contributed by atoms with van der Waals surface area (Å²) < 4.78 is 12.0. The SMILES string of the molecule is Cc1c(C(=O)NCCCOCc2ccco2)nnn1-c1cccc([N+](=O)[O-])c1. The predicted molar refractivity (Wildman–Crippen MR) is 98.1 cm³/mol. The highest BCUT2D eigenvalue weighted by molar-refractivity contribution is 5.93. The van der Waals surface area contributed by atoms with Crippen LogP contribution < -0.4 is 5.32 Å². The first-order valence-corrected chi connectivity index (χ1v) is 8.61. The molecule has 0 atom stereocenters. The lowest BCUT2D eigenvalue weighted by Gasteiger charge is -2.05. The van der Waals surface area contributed by atoms with Crippen molar-refractivity contribution in [3.63, 3.8) is 0 Å². The highest BCUT2D eigenvalue weighted by Gasteiger charge is 2.18. The summed E-state index contributed by atoms with van der Waals surface area (Å²) in [5.74, 6) is 0.387. The van der Waals surface area contributed by atoms with E-state index in [1.54, 1.807) is 31.4 Å². The topological polar surface area (TPSA) is 125 Å². The van der Waals surface area contributed by atoms with Gasteiger partial charge in [-0.15, -0.1) is 5.10 Å². The average Bonchev–Trinajstić information content (AvgIpc) is 3.34. The number of rotatable bonds is 9. The van der Waals surface area contributed by atoms with Crippen molar-refractivity contribution < 1.29 is 18.9 Å². The molecule has 0 aliphatic rings. The molecule has 0 aliphatic heterocycles. The maximum Gasteiger partial charge on any atom is 0.273 e. The number of nitrogens with one attached hydrogen (secondary N) is 1. The molecule has 0 bridgehead atoms. The van der Waals surface area contributed by atoms with Gasteiger partial charge in [-0.2, -0.15) is 0 Å². The zero-order chi connectivity index (χ0) is 19.9. The van der Waals surface area contributed by atoms with Crippen molar-refractivity contribution in [3.8, 4) is 5.69 Å². The predicted octanol–water partition coefficient (Wildman–Crippen LogP) is 2.41. The normalized spacial score (nSPS) is 10.8. The Hall–Kier alpha value is -3.53. The molecule has 1 N–H and O–H groups in total. The van der Waals surface area contributed by atoms with Gasteiger partial charge in [-0.3, -0.25) is 14.9 Å². The monoisotopic (exact) mass is 385 g/mol. The second kappa shape index (κ2) is 8.91. The summed E-state index contributed by atoms with van der Waals surface area (Å²) in [5, 5.41) is 21.5. The minimum atomic E-state index is -0.489. The first-order chi connectivity index (χ1) is 13.6. The highest BCUT2D eigenvalue weighted by atomic mass is 16.6. The fourth-order valence-corrected chi connectivity index (χ4v) is 2.55. The molecule has 146 valence electrons. The fourth-order valence-electron chi connectivity index (χ4n) is 2.55. The molecule has 1 amide bonds. The Morgan fingerprint density at radius 3 is 2.96 bits per heavy atom. The lowest BCUT2D eigenvalue weighted by Crippen LogP contribution is -2.26. The molecule has 28 heavy (non-hydrogen) atoms. The van der Waals surface area contributed by atoms with Crippen LogP contribution >= 0.6 is 0 Å². The van der Waals surface area contributed by atoms with Gasteiger partial charge in [0.15, 0.2) is 5.69 Å². The van der Waals surface area contributed by atoms with Gasteiger partial charge < -0.3 is 14.5 Å². The Bertz CT molecular complexity index is 951. The summed E-state index contributed by atoms with van der Waals surface area (Å²) in [7, 11) is 0. The fraction of sp³-hybridized carbons (Fsp3) is 0.278. The second-order valence-corrected chi connectivity index (χ2v) is 5.95. The van der Waals surface area contributed by atoms with E-state index >= 15 is 0 Å². The Morgan fingerprint density at radius 2 is 2.21 bits per heavy atom. The van der Waals surface area contributed by atoms with E-state index < -0.39 is 4.92 Å². The number of carbonyl (C=O) groups excluding carboxylic acids is 1. The number of non-ortho nitro benzene ring substituents is 1. The molecule has 1 aromatic carbocycles. The molecule has 0 aliphatic carbocycles. The average molecular weight is 385 g/mol. The molecule has 3 aromatic rings. The number of nitro benzene ring substituents is 1. The summed E-state index contributed by atoms with van der Waals surface area (Å²) >= 11 is 0. The molecule has 10 nitrogen and oxygen atoms in total. The van der Waals surface area contributed by atoms with Crippen LogP contribution in [0.5, 0.6) is 0 Å². The van der Waals surface area contributed by atoms with Crippen molar-refractivity contribution in [2.24, 2.45) is 0 Å². The van der Waals surface area contributed by atoms with Gasteiger partial charge in [0.05, 0.1) is 22.6 Å². The van der Waals surface area contributed by atoms with E-state index in [0.29, 0.717) is 37.6 Å². The van der Waals surface area contributed by atoms with Gasteiger partial charge in [0.25, 0.3) is 11.6 Å². The van der Waals surface area contributed by atoms with Gasteiger partial charge >= 0.3 is 0 Å². The number of hydrogen-bond acceptors (Lipinski definition) is 7. The minimum absolute atomic E-state index is 0.0621. The molecule has 0 saturated heterocycles. The van der Waals surface area contributed by atoms with E-state index in [4.69, 9.17) is 9.15 Å². The van der Waals surface area contributed by atoms with Crippen LogP contribution in [-0.2, 0) is 11.3 Å². The number of benzene rings is 1. The largest absolute Gasteiger partial charge is 0.467 e. The summed E-state index contributed by atoms with van der Waals surface area (Å²) in [6.07, 6.45) is 2.21. The van der Waals surface area contributed by atoms with E-state index in [0.717, 1.165) is 5.76 Å². The number of furan rings is 1. The lowest BCUT2D eigenvalue weighted by molar-refractivity contribution is -0.384. The molecule has 0 saturated carbocycles.